The van der Waals surface area contributed by atoms with Crippen molar-refractivity contribution in [3.63, 3.8) is 0 Å². The summed E-state index contributed by atoms with van der Waals surface area (Å²) in [6, 6.07) is 83.5. The van der Waals surface area contributed by atoms with Gasteiger partial charge in [-0.3, -0.25) is 0 Å². The van der Waals surface area contributed by atoms with Gasteiger partial charge < -0.3 is 0 Å². The molecule has 0 N–H and O–H groups in total. The fraction of sp³-hybridized carbons (Fsp3) is 0.0169. The zero-order chi connectivity index (χ0) is 41.0. The predicted molar refractivity (Wildman–Crippen MR) is 259 cm³/mol. The summed E-state index contributed by atoms with van der Waals surface area (Å²) in [4.78, 5) is 10.4. The van der Waals surface area contributed by atoms with Crippen molar-refractivity contribution in [3.8, 4) is 67.3 Å². The quantitative estimate of drug-likeness (QED) is 0.160. The van der Waals surface area contributed by atoms with Crippen LogP contribution >= 0.6 is 11.3 Å². The summed E-state index contributed by atoms with van der Waals surface area (Å²) in [5, 5.41) is 2.62. The Morgan fingerprint density at radius 2 is 0.839 bits per heavy atom. The Morgan fingerprint density at radius 1 is 0.306 bits per heavy atom. The van der Waals surface area contributed by atoms with Gasteiger partial charge in [-0.05, 0) is 86.0 Å². The molecular formula is C59H38N2S. The fourth-order valence-electron chi connectivity index (χ4n) is 9.68. The van der Waals surface area contributed by atoms with Crippen molar-refractivity contribution >= 4 is 31.5 Å². The van der Waals surface area contributed by atoms with Gasteiger partial charge in [-0.25, -0.2) is 9.97 Å². The van der Waals surface area contributed by atoms with Gasteiger partial charge in [0.2, 0.25) is 0 Å². The normalized spacial score (nSPS) is 12.6. The second-order valence-corrected chi connectivity index (χ2v) is 17.2. The number of benzene rings is 9. The SMILES string of the molecule is c1ccc(-c2nc(-c3ccc(-c4ccc5c(c4)C(c4ccccc4)(c4ccccc4)c4ccccc4-5)cc3)cc(-c3cccc(-c4ccc5c(c4)sc4ccccc45)c3)n2)cc1. The summed E-state index contributed by atoms with van der Waals surface area (Å²) >= 11 is 1.85. The van der Waals surface area contributed by atoms with Crippen molar-refractivity contribution in [2.75, 3.05) is 0 Å². The van der Waals surface area contributed by atoms with Gasteiger partial charge in [0.15, 0.2) is 5.82 Å². The van der Waals surface area contributed by atoms with E-state index in [-0.39, 0.29) is 0 Å². The molecule has 9 aromatic carbocycles. The number of thiophene rings is 1. The summed E-state index contributed by atoms with van der Waals surface area (Å²) in [6.45, 7) is 0. The standard InChI is InChI=1S/C59H38N2S/c1-4-15-41(16-5-1)58-60-54(38-55(61-58)45-18-14-17-42(35-45)44-32-34-51-50-24-11-13-26-56(50)62-57(51)37-44)40-29-27-39(28-30-40)43-31-33-49-48-23-10-12-25-52(48)59(53(49)36-43,46-19-6-2-7-20-46)47-21-8-3-9-22-47/h1-38H. The molecule has 0 unspecified atom stereocenters. The largest absolute Gasteiger partial charge is 0.228 e. The van der Waals surface area contributed by atoms with E-state index in [0.29, 0.717) is 5.82 Å². The molecule has 0 atom stereocenters. The number of nitrogens with zero attached hydrogens (tertiary/aromatic N) is 2. The van der Waals surface area contributed by atoms with Crippen LogP contribution in [0.4, 0.5) is 0 Å². The summed E-state index contributed by atoms with van der Waals surface area (Å²) < 4.78 is 2.61. The maximum atomic E-state index is 5.18. The van der Waals surface area contributed by atoms with Crippen LogP contribution in [-0.4, -0.2) is 9.97 Å². The molecule has 2 nitrogen and oxygen atoms in total. The molecule has 12 rings (SSSR count). The minimum Gasteiger partial charge on any atom is -0.228 e. The van der Waals surface area contributed by atoms with Crippen molar-refractivity contribution in [1.29, 1.82) is 0 Å². The molecule has 0 saturated heterocycles. The molecule has 2 aromatic heterocycles. The minimum absolute atomic E-state index is 0.446. The highest BCUT2D eigenvalue weighted by Crippen LogP contribution is 2.56. The summed E-state index contributed by atoms with van der Waals surface area (Å²) in [5.41, 5.74) is 16.8. The van der Waals surface area contributed by atoms with Crippen LogP contribution in [0.2, 0.25) is 0 Å². The molecule has 62 heavy (non-hydrogen) atoms. The second kappa shape index (κ2) is 14.8. The Hall–Kier alpha value is -7.72. The third kappa shape index (κ3) is 5.93. The first-order valence-electron chi connectivity index (χ1n) is 21.1. The molecule has 1 aliphatic rings. The van der Waals surface area contributed by atoms with Crippen molar-refractivity contribution in [2.45, 2.75) is 5.41 Å². The number of fused-ring (bicyclic) bond motifs is 6. The van der Waals surface area contributed by atoms with E-state index in [9.17, 15) is 0 Å². The van der Waals surface area contributed by atoms with Gasteiger partial charge in [0, 0.05) is 36.9 Å². The van der Waals surface area contributed by atoms with Crippen molar-refractivity contribution in [2.24, 2.45) is 0 Å². The molecule has 0 spiro atoms. The summed E-state index contributed by atoms with van der Waals surface area (Å²) in [5.74, 6) is 0.704. The average molecular weight is 807 g/mol. The Labute approximate surface area is 365 Å². The van der Waals surface area contributed by atoms with Gasteiger partial charge in [-0.2, -0.15) is 0 Å². The average Bonchev–Trinajstić information content (AvgIpc) is 3.88. The highest BCUT2D eigenvalue weighted by molar-refractivity contribution is 7.25. The van der Waals surface area contributed by atoms with Crippen LogP contribution < -0.4 is 0 Å². The van der Waals surface area contributed by atoms with Crippen LogP contribution in [0.3, 0.4) is 0 Å². The van der Waals surface area contributed by atoms with E-state index in [2.05, 4.69) is 212 Å². The van der Waals surface area contributed by atoms with Crippen molar-refractivity contribution < 1.29 is 0 Å². The fourth-order valence-corrected chi connectivity index (χ4v) is 10.8. The van der Waals surface area contributed by atoms with Crippen LogP contribution in [-0.2, 0) is 5.41 Å². The molecule has 0 amide bonds. The number of rotatable bonds is 7. The molecule has 0 aliphatic heterocycles. The van der Waals surface area contributed by atoms with Gasteiger partial charge in [-0.15, -0.1) is 11.3 Å². The van der Waals surface area contributed by atoms with E-state index in [4.69, 9.17) is 9.97 Å². The molecule has 3 heteroatoms. The first-order chi connectivity index (χ1) is 30.7. The minimum atomic E-state index is -0.446. The lowest BCUT2D eigenvalue weighted by atomic mass is 9.67. The molecule has 0 radical (unpaired) electrons. The lowest BCUT2D eigenvalue weighted by molar-refractivity contribution is 0.769. The van der Waals surface area contributed by atoms with Gasteiger partial charge in [0.05, 0.1) is 16.8 Å². The highest BCUT2D eigenvalue weighted by Gasteiger charge is 2.46. The predicted octanol–water partition coefficient (Wildman–Crippen LogP) is 15.5. The number of aromatic nitrogens is 2. The van der Waals surface area contributed by atoms with Crippen LogP contribution in [0, 0.1) is 0 Å². The Morgan fingerprint density at radius 3 is 1.61 bits per heavy atom. The Balaban J connectivity index is 0.941. The third-order valence-corrected chi connectivity index (χ3v) is 13.7. The first-order valence-corrected chi connectivity index (χ1v) is 22.0. The topological polar surface area (TPSA) is 25.8 Å². The molecule has 0 fully saturated rings. The van der Waals surface area contributed by atoms with Gasteiger partial charge in [0.25, 0.3) is 0 Å². The molecular weight excluding hydrogens is 769 g/mol. The van der Waals surface area contributed by atoms with E-state index in [1.807, 2.05) is 29.5 Å². The molecule has 11 aromatic rings. The van der Waals surface area contributed by atoms with Crippen molar-refractivity contribution in [1.82, 2.24) is 9.97 Å². The smallest absolute Gasteiger partial charge is 0.160 e. The molecule has 2 heterocycles. The zero-order valence-corrected chi connectivity index (χ0v) is 34.6. The monoisotopic (exact) mass is 806 g/mol. The van der Waals surface area contributed by atoms with E-state index in [1.54, 1.807) is 0 Å². The van der Waals surface area contributed by atoms with Gasteiger partial charge in [0.1, 0.15) is 0 Å². The molecule has 0 saturated carbocycles. The van der Waals surface area contributed by atoms with E-state index < -0.39 is 5.41 Å². The maximum absolute atomic E-state index is 5.18. The maximum Gasteiger partial charge on any atom is 0.160 e. The zero-order valence-electron chi connectivity index (χ0n) is 33.7. The first kappa shape index (κ1) is 36.2. The Bertz CT molecular complexity index is 3400. The molecule has 1 aliphatic carbocycles. The highest BCUT2D eigenvalue weighted by atomic mass is 32.1. The van der Waals surface area contributed by atoms with E-state index in [1.165, 1.54) is 64.7 Å². The van der Waals surface area contributed by atoms with E-state index in [0.717, 1.165) is 39.2 Å². The lowest BCUT2D eigenvalue weighted by Gasteiger charge is -2.34. The number of hydrogen-bond donors (Lipinski definition) is 0. The van der Waals surface area contributed by atoms with Crippen LogP contribution in [0.25, 0.3) is 87.5 Å². The van der Waals surface area contributed by atoms with Gasteiger partial charge in [-0.1, -0.05) is 200 Å². The molecule has 0 bridgehead atoms. The van der Waals surface area contributed by atoms with Crippen molar-refractivity contribution in [3.05, 3.63) is 253 Å². The summed E-state index contributed by atoms with van der Waals surface area (Å²) in [6.07, 6.45) is 0. The second-order valence-electron chi connectivity index (χ2n) is 16.1. The lowest BCUT2D eigenvalue weighted by Crippen LogP contribution is -2.28. The molecule has 290 valence electrons. The Kier molecular flexibility index (Phi) is 8.62. The summed E-state index contributed by atoms with van der Waals surface area (Å²) in [7, 11) is 0. The van der Waals surface area contributed by atoms with E-state index >= 15 is 0 Å². The van der Waals surface area contributed by atoms with Gasteiger partial charge >= 0.3 is 0 Å². The van der Waals surface area contributed by atoms with Crippen LogP contribution in [0.5, 0.6) is 0 Å². The number of hydrogen-bond acceptors (Lipinski definition) is 3. The van der Waals surface area contributed by atoms with Crippen LogP contribution in [0.1, 0.15) is 22.3 Å². The van der Waals surface area contributed by atoms with Crippen LogP contribution in [0.15, 0.2) is 231 Å². The third-order valence-electron chi connectivity index (χ3n) is 12.6.